The fourth-order valence-electron chi connectivity index (χ4n) is 6.49. The van der Waals surface area contributed by atoms with Gasteiger partial charge in [-0.05, 0) is 24.8 Å². The summed E-state index contributed by atoms with van der Waals surface area (Å²) in [5.74, 6) is -1.43. The lowest BCUT2D eigenvalue weighted by Crippen LogP contribution is -2.58. The van der Waals surface area contributed by atoms with Crippen LogP contribution in [0, 0.1) is 17.8 Å². The maximum absolute atomic E-state index is 14.4. The van der Waals surface area contributed by atoms with E-state index in [9.17, 15) is 19.5 Å². The van der Waals surface area contributed by atoms with Gasteiger partial charge in [-0.15, -0.1) is 24.9 Å². The van der Waals surface area contributed by atoms with E-state index in [0.29, 0.717) is 19.6 Å². The Bertz CT molecular complexity index is 1030. The molecule has 0 aliphatic carbocycles. The molecule has 0 aromatic heterocycles. The largest absolute Gasteiger partial charge is 0.394 e. The molecule has 7 nitrogen and oxygen atoms in total. The number of hydrogen-bond acceptors (Lipinski definition) is 5. The lowest BCUT2D eigenvalue weighted by molar-refractivity contribution is -0.146. The highest BCUT2D eigenvalue weighted by atomic mass is 32.2. The van der Waals surface area contributed by atoms with Gasteiger partial charge in [-0.2, -0.15) is 0 Å². The summed E-state index contributed by atoms with van der Waals surface area (Å²) in [6.07, 6.45) is 4.15. The third-order valence-corrected chi connectivity index (χ3v) is 10.2. The SMILES string of the molecule is C=CCN(C)C(=O)[C@@H]1[C@H]2C(=O)N([C@H](C)CO)C(C(=O)N(CC=C)Cc3ccccc3)C23S[C@@H]1CC3C. The van der Waals surface area contributed by atoms with Crippen LogP contribution in [-0.2, 0) is 20.9 Å². The van der Waals surface area contributed by atoms with Crippen molar-refractivity contribution >= 4 is 29.5 Å². The van der Waals surface area contributed by atoms with Gasteiger partial charge in [0.05, 0.1) is 29.2 Å². The van der Waals surface area contributed by atoms with Gasteiger partial charge in [-0.25, -0.2) is 0 Å². The van der Waals surface area contributed by atoms with Crippen molar-refractivity contribution in [2.45, 2.75) is 48.9 Å². The average molecular weight is 512 g/mol. The van der Waals surface area contributed by atoms with E-state index in [1.54, 1.807) is 52.6 Å². The molecule has 1 N–H and O–H groups in total. The molecule has 7 atom stereocenters. The number of likely N-dealkylation sites (N-methyl/N-ethyl adjacent to an activating group) is 1. The van der Waals surface area contributed by atoms with Crippen molar-refractivity contribution < 1.29 is 19.5 Å². The van der Waals surface area contributed by atoms with Crippen LogP contribution >= 0.6 is 11.8 Å². The maximum Gasteiger partial charge on any atom is 0.247 e. The standard InChI is InChI=1S/C28H37N3O4S/c1-6-13-29(5)25(33)22-21-15-18(3)28(36-21)23(22)26(34)31(19(4)17-32)24(28)27(35)30(14-7-2)16-20-11-9-8-10-12-20/h6-12,18-19,21-24,32H,1-2,13-17H2,3-5H3/t18?,19-,21-,22+,23+,24?,28?/m1/s1. The first-order valence-corrected chi connectivity index (χ1v) is 13.5. The van der Waals surface area contributed by atoms with Crippen molar-refractivity contribution in [1.29, 1.82) is 0 Å². The zero-order valence-electron chi connectivity index (χ0n) is 21.4. The molecule has 0 radical (unpaired) electrons. The van der Waals surface area contributed by atoms with Crippen molar-refractivity contribution in [3.05, 3.63) is 61.2 Å². The van der Waals surface area contributed by atoms with Crippen LogP contribution in [0.5, 0.6) is 0 Å². The summed E-state index contributed by atoms with van der Waals surface area (Å²) >= 11 is 1.65. The Morgan fingerprint density at radius 2 is 1.89 bits per heavy atom. The summed E-state index contributed by atoms with van der Waals surface area (Å²) in [5.41, 5.74) is 0.989. The fourth-order valence-corrected chi connectivity index (χ4v) is 8.88. The molecule has 3 heterocycles. The van der Waals surface area contributed by atoms with E-state index in [1.807, 2.05) is 30.3 Å². The van der Waals surface area contributed by atoms with Gasteiger partial charge in [0.2, 0.25) is 17.7 Å². The summed E-state index contributed by atoms with van der Waals surface area (Å²) in [6, 6.07) is 8.46. The number of rotatable bonds is 10. The van der Waals surface area contributed by atoms with E-state index < -0.39 is 28.7 Å². The Labute approximate surface area is 218 Å². The van der Waals surface area contributed by atoms with Gasteiger partial charge < -0.3 is 19.8 Å². The number of fused-ring (bicyclic) bond motifs is 1. The molecule has 194 valence electrons. The van der Waals surface area contributed by atoms with Crippen molar-refractivity contribution in [2.75, 3.05) is 26.7 Å². The van der Waals surface area contributed by atoms with Crippen LogP contribution in [0.1, 0.15) is 25.8 Å². The Kier molecular flexibility index (Phi) is 7.67. The first kappa shape index (κ1) is 26.5. The minimum atomic E-state index is -0.756. The molecular formula is C28H37N3O4S. The van der Waals surface area contributed by atoms with Crippen molar-refractivity contribution in [2.24, 2.45) is 17.8 Å². The second kappa shape index (κ2) is 10.4. The summed E-state index contributed by atoms with van der Waals surface area (Å²) in [5, 5.41) is 10.1. The molecule has 1 aromatic carbocycles. The molecule has 1 aromatic rings. The van der Waals surface area contributed by atoms with Crippen LogP contribution in [-0.4, -0.2) is 86.4 Å². The van der Waals surface area contributed by atoms with Crippen LogP contribution in [0.15, 0.2) is 55.6 Å². The zero-order chi connectivity index (χ0) is 26.2. The average Bonchev–Trinajstić information content (AvgIpc) is 3.47. The van der Waals surface area contributed by atoms with E-state index in [2.05, 4.69) is 20.1 Å². The topological polar surface area (TPSA) is 81.2 Å². The quantitative estimate of drug-likeness (QED) is 0.489. The number of carbonyl (C=O) groups excluding carboxylic acids is 3. The first-order chi connectivity index (χ1) is 17.2. The maximum atomic E-state index is 14.4. The van der Waals surface area contributed by atoms with E-state index >= 15 is 0 Å². The van der Waals surface area contributed by atoms with Gasteiger partial charge in [-0.1, -0.05) is 49.4 Å². The van der Waals surface area contributed by atoms with Gasteiger partial charge in [0.25, 0.3) is 0 Å². The molecule has 3 saturated heterocycles. The van der Waals surface area contributed by atoms with Crippen LogP contribution in [0.25, 0.3) is 0 Å². The summed E-state index contributed by atoms with van der Waals surface area (Å²) < 4.78 is -0.715. The highest BCUT2D eigenvalue weighted by Gasteiger charge is 2.76. The Hall–Kier alpha value is -2.58. The van der Waals surface area contributed by atoms with Crippen molar-refractivity contribution in [3.8, 4) is 0 Å². The summed E-state index contributed by atoms with van der Waals surface area (Å²) in [4.78, 5) is 47.0. The normalized spacial score (nSPS) is 31.2. The minimum Gasteiger partial charge on any atom is -0.394 e. The van der Waals surface area contributed by atoms with Gasteiger partial charge in [0.15, 0.2) is 0 Å². The Morgan fingerprint density at radius 3 is 2.50 bits per heavy atom. The number of aliphatic hydroxyl groups excluding tert-OH is 1. The zero-order valence-corrected chi connectivity index (χ0v) is 22.2. The number of nitrogens with zero attached hydrogens (tertiary/aromatic N) is 3. The molecule has 3 amide bonds. The van der Waals surface area contributed by atoms with Gasteiger partial charge in [0, 0.05) is 31.9 Å². The number of benzene rings is 1. The van der Waals surface area contributed by atoms with Crippen LogP contribution in [0.3, 0.4) is 0 Å². The fraction of sp³-hybridized carbons (Fsp3) is 0.536. The second-order valence-electron chi connectivity index (χ2n) is 10.3. The Morgan fingerprint density at radius 1 is 1.22 bits per heavy atom. The van der Waals surface area contributed by atoms with Crippen molar-refractivity contribution in [3.63, 3.8) is 0 Å². The number of thioether (sulfide) groups is 1. The molecule has 3 fully saturated rings. The third-order valence-electron chi connectivity index (χ3n) is 8.10. The number of likely N-dealkylation sites (tertiary alicyclic amines) is 1. The van der Waals surface area contributed by atoms with Crippen LogP contribution in [0.4, 0.5) is 0 Å². The van der Waals surface area contributed by atoms with Gasteiger partial charge >= 0.3 is 0 Å². The van der Waals surface area contributed by atoms with Gasteiger partial charge in [-0.3, -0.25) is 14.4 Å². The predicted molar refractivity (Wildman–Crippen MR) is 142 cm³/mol. The lowest BCUT2D eigenvalue weighted by Gasteiger charge is -2.41. The van der Waals surface area contributed by atoms with Gasteiger partial charge in [0.1, 0.15) is 6.04 Å². The summed E-state index contributed by atoms with van der Waals surface area (Å²) in [7, 11) is 1.73. The first-order valence-electron chi connectivity index (χ1n) is 12.6. The minimum absolute atomic E-state index is 0.0161. The molecular weight excluding hydrogens is 474 g/mol. The van der Waals surface area contributed by atoms with Crippen LogP contribution in [0.2, 0.25) is 0 Å². The molecule has 4 rings (SSSR count). The molecule has 36 heavy (non-hydrogen) atoms. The Balaban J connectivity index is 1.77. The van der Waals surface area contributed by atoms with Crippen molar-refractivity contribution in [1.82, 2.24) is 14.7 Å². The molecule has 3 aliphatic heterocycles. The smallest absolute Gasteiger partial charge is 0.247 e. The molecule has 8 heteroatoms. The number of amides is 3. The molecule has 1 spiro atoms. The number of aliphatic hydroxyl groups is 1. The number of carbonyl (C=O) groups is 3. The van der Waals surface area contributed by atoms with E-state index in [0.717, 1.165) is 12.0 Å². The third kappa shape index (κ3) is 4.08. The highest BCUT2D eigenvalue weighted by Crippen LogP contribution is 2.69. The van der Waals surface area contributed by atoms with E-state index in [4.69, 9.17) is 0 Å². The van der Waals surface area contributed by atoms with E-state index in [-0.39, 0.29) is 35.5 Å². The monoisotopic (exact) mass is 511 g/mol. The summed E-state index contributed by atoms with van der Waals surface area (Å²) in [6.45, 7) is 12.4. The molecule has 3 aliphatic rings. The van der Waals surface area contributed by atoms with Crippen LogP contribution < -0.4 is 0 Å². The highest BCUT2D eigenvalue weighted by molar-refractivity contribution is 8.02. The molecule has 3 unspecified atom stereocenters. The molecule has 0 saturated carbocycles. The van der Waals surface area contributed by atoms with E-state index in [1.165, 1.54) is 0 Å². The second-order valence-corrected chi connectivity index (χ2v) is 11.9. The lowest BCUT2D eigenvalue weighted by atomic mass is 9.65. The predicted octanol–water partition coefficient (Wildman–Crippen LogP) is 2.56. The molecule has 2 bridgehead atoms. The number of hydrogen-bond donors (Lipinski definition) is 1.